The maximum atomic E-state index is 12.2. The molecule has 5 rings (SSSR count). The Morgan fingerprint density at radius 3 is 2.51 bits per heavy atom. The van der Waals surface area contributed by atoms with Crippen molar-refractivity contribution in [3.63, 3.8) is 0 Å². The summed E-state index contributed by atoms with van der Waals surface area (Å²) in [6, 6.07) is -0.971. The van der Waals surface area contributed by atoms with Crippen LogP contribution in [0.3, 0.4) is 0 Å². The van der Waals surface area contributed by atoms with E-state index in [1.165, 1.54) is 19.4 Å². The van der Waals surface area contributed by atoms with Crippen LogP contribution in [0.5, 0.6) is 0 Å². The first-order chi connectivity index (χ1) is 22.2. The number of allylic oxidation sites excluding steroid dienone is 1. The predicted molar refractivity (Wildman–Crippen MR) is 176 cm³/mol. The SMILES string of the molecule is CC(=O)NC1[C@H](O[C@H]2CC([C@H](C)CCC[C@@H](C)COC(C)=O)[C@@]3(C)CCC4[C@@H](CC=C5C[C@@H](O)CC[C@@]54C)C23)OC(CO)[C@@H](O)[C@@H]1O. The Labute approximate surface area is 281 Å². The molecule has 10 heteroatoms. The van der Waals surface area contributed by atoms with E-state index < -0.39 is 37.3 Å². The highest BCUT2D eigenvalue weighted by Gasteiger charge is 2.63. The Hall–Kier alpha value is -1.56. The molecule has 0 spiro atoms. The predicted octanol–water partition coefficient (Wildman–Crippen LogP) is 3.87. The normalized spacial score (nSPS) is 44.3. The average Bonchev–Trinajstić information content (AvgIpc) is 3.31. The molecule has 1 amide bonds. The Balaban J connectivity index is 1.41. The third-order valence-corrected chi connectivity index (χ3v) is 13.3. The van der Waals surface area contributed by atoms with Gasteiger partial charge in [-0.1, -0.05) is 52.2 Å². The van der Waals surface area contributed by atoms with Gasteiger partial charge in [0, 0.05) is 13.8 Å². The molecule has 0 aromatic carbocycles. The van der Waals surface area contributed by atoms with Gasteiger partial charge in [-0.2, -0.15) is 0 Å². The fraction of sp³-hybridized carbons (Fsp3) is 0.892. The summed E-state index contributed by atoms with van der Waals surface area (Å²) in [7, 11) is 0. The van der Waals surface area contributed by atoms with Crippen LogP contribution in [0, 0.1) is 46.3 Å². The van der Waals surface area contributed by atoms with Crippen molar-refractivity contribution in [2.75, 3.05) is 13.2 Å². The zero-order chi connectivity index (χ0) is 34.3. The lowest BCUT2D eigenvalue weighted by Gasteiger charge is -2.59. The number of hydrogen-bond donors (Lipinski definition) is 5. The van der Waals surface area contributed by atoms with Gasteiger partial charge in [0.15, 0.2) is 6.29 Å². The Bertz CT molecular complexity index is 1150. The smallest absolute Gasteiger partial charge is 0.302 e. The molecular weight excluding hydrogens is 602 g/mol. The number of nitrogens with one attached hydrogen (secondary N) is 1. The van der Waals surface area contributed by atoms with Gasteiger partial charge in [-0.3, -0.25) is 9.59 Å². The number of carbonyl (C=O) groups excluding carboxylic acids is 2. The monoisotopic (exact) mass is 663 g/mol. The van der Waals surface area contributed by atoms with Crippen molar-refractivity contribution >= 4 is 11.9 Å². The second-order valence-corrected chi connectivity index (χ2v) is 16.4. The molecule has 0 radical (unpaired) electrons. The molecule has 0 aromatic heterocycles. The topological polar surface area (TPSA) is 155 Å². The summed E-state index contributed by atoms with van der Waals surface area (Å²) in [6.07, 6.45) is 6.86. The van der Waals surface area contributed by atoms with Crippen LogP contribution in [0.25, 0.3) is 0 Å². The number of carbonyl (C=O) groups is 2. The number of aliphatic hydroxyl groups excluding tert-OH is 4. The molecule has 0 bridgehead atoms. The molecule has 3 saturated carbocycles. The first kappa shape index (κ1) is 36.7. The molecule has 1 saturated heterocycles. The van der Waals surface area contributed by atoms with Crippen molar-refractivity contribution in [3.8, 4) is 0 Å². The maximum absolute atomic E-state index is 12.2. The first-order valence-corrected chi connectivity index (χ1v) is 18.3. The van der Waals surface area contributed by atoms with Gasteiger partial charge in [0.1, 0.15) is 24.4 Å². The fourth-order valence-corrected chi connectivity index (χ4v) is 10.8. The van der Waals surface area contributed by atoms with Crippen molar-refractivity contribution in [2.45, 2.75) is 149 Å². The molecule has 268 valence electrons. The second kappa shape index (κ2) is 14.7. The molecule has 0 aromatic rings. The summed E-state index contributed by atoms with van der Waals surface area (Å²) >= 11 is 0. The summed E-state index contributed by atoms with van der Waals surface area (Å²) in [5, 5.41) is 44.9. The van der Waals surface area contributed by atoms with Crippen LogP contribution in [0.4, 0.5) is 0 Å². The fourth-order valence-electron chi connectivity index (χ4n) is 10.8. The first-order valence-electron chi connectivity index (χ1n) is 18.3. The number of hydrogen-bond acceptors (Lipinski definition) is 9. The molecule has 15 atom stereocenters. The van der Waals surface area contributed by atoms with Crippen LogP contribution in [0.2, 0.25) is 0 Å². The van der Waals surface area contributed by atoms with E-state index in [9.17, 15) is 30.0 Å². The van der Waals surface area contributed by atoms with Gasteiger partial charge in [0.2, 0.25) is 5.91 Å². The van der Waals surface area contributed by atoms with E-state index in [-0.39, 0.29) is 40.8 Å². The van der Waals surface area contributed by atoms with Crippen LogP contribution in [-0.4, -0.2) is 88.4 Å². The number of aliphatic hydroxyl groups is 4. The van der Waals surface area contributed by atoms with Crippen molar-refractivity contribution < 1.29 is 44.2 Å². The molecule has 47 heavy (non-hydrogen) atoms. The molecule has 5 N–H and O–H groups in total. The second-order valence-electron chi connectivity index (χ2n) is 16.4. The van der Waals surface area contributed by atoms with E-state index in [4.69, 9.17) is 14.2 Å². The van der Waals surface area contributed by atoms with Gasteiger partial charge >= 0.3 is 5.97 Å². The average molecular weight is 664 g/mol. The van der Waals surface area contributed by atoms with Gasteiger partial charge in [-0.25, -0.2) is 0 Å². The van der Waals surface area contributed by atoms with E-state index in [1.54, 1.807) is 0 Å². The number of amides is 1. The molecule has 4 aliphatic carbocycles. The molecule has 5 unspecified atom stereocenters. The van der Waals surface area contributed by atoms with E-state index in [2.05, 4.69) is 39.1 Å². The van der Waals surface area contributed by atoms with Crippen molar-refractivity contribution in [3.05, 3.63) is 11.6 Å². The summed E-state index contributed by atoms with van der Waals surface area (Å²) in [6.45, 7) is 12.1. The molecular formula is C37H61NO9. The third-order valence-electron chi connectivity index (χ3n) is 13.3. The highest BCUT2D eigenvalue weighted by atomic mass is 16.7. The molecule has 1 aliphatic heterocycles. The van der Waals surface area contributed by atoms with E-state index in [0.29, 0.717) is 36.2 Å². The lowest BCUT2D eigenvalue weighted by molar-refractivity contribution is -0.289. The van der Waals surface area contributed by atoms with E-state index >= 15 is 0 Å². The van der Waals surface area contributed by atoms with Gasteiger partial charge < -0.3 is 40.0 Å². The standard InChI is InChI=1S/C37H61NO9/c1-20(19-45-23(4)41)8-7-9-21(2)28-17-29(46-35-32(38-22(3)40)34(44)33(43)30(18-39)47-35)31-26-11-10-24-16-25(42)12-14-36(24,5)27(26)13-15-37(28,31)6/h10,20-21,25-35,39,42-44H,7-9,11-19H2,1-6H3,(H,38,40)/t20-,21-,25+,26-,27?,28?,29+,30?,31?,32?,33-,34-,35-,36+,37-/m1/s1. The maximum Gasteiger partial charge on any atom is 0.302 e. The van der Waals surface area contributed by atoms with E-state index in [1.807, 2.05) is 0 Å². The Morgan fingerprint density at radius 1 is 1.09 bits per heavy atom. The van der Waals surface area contributed by atoms with Crippen molar-refractivity contribution in [1.29, 1.82) is 0 Å². The highest BCUT2D eigenvalue weighted by Crippen LogP contribution is 2.68. The molecule has 4 fully saturated rings. The summed E-state index contributed by atoms with van der Waals surface area (Å²) in [4.78, 5) is 23.5. The van der Waals surface area contributed by atoms with Crippen LogP contribution in [0.15, 0.2) is 11.6 Å². The summed E-state index contributed by atoms with van der Waals surface area (Å²) < 4.78 is 18.3. The largest absolute Gasteiger partial charge is 0.466 e. The van der Waals surface area contributed by atoms with Crippen LogP contribution in [0.1, 0.15) is 106 Å². The minimum atomic E-state index is -1.36. The molecule has 10 nitrogen and oxygen atoms in total. The zero-order valence-electron chi connectivity index (χ0n) is 29.4. The summed E-state index contributed by atoms with van der Waals surface area (Å²) in [5.74, 6) is 1.60. The van der Waals surface area contributed by atoms with Crippen molar-refractivity contribution in [2.24, 2.45) is 46.3 Å². The molecule has 5 aliphatic rings. The van der Waals surface area contributed by atoms with Crippen LogP contribution >= 0.6 is 0 Å². The Kier molecular flexibility index (Phi) is 11.5. The quantitative estimate of drug-likeness (QED) is 0.164. The summed E-state index contributed by atoms with van der Waals surface area (Å²) in [5.41, 5.74) is 1.48. The minimum Gasteiger partial charge on any atom is -0.466 e. The van der Waals surface area contributed by atoms with Gasteiger partial charge in [-0.15, -0.1) is 0 Å². The number of rotatable bonds is 11. The highest BCUT2D eigenvalue weighted by molar-refractivity contribution is 5.73. The Morgan fingerprint density at radius 2 is 1.83 bits per heavy atom. The minimum absolute atomic E-state index is 0.0111. The number of ether oxygens (including phenoxy) is 3. The van der Waals surface area contributed by atoms with Gasteiger partial charge in [-0.05, 0) is 97.7 Å². The number of esters is 1. The van der Waals surface area contributed by atoms with Gasteiger partial charge in [0.25, 0.3) is 0 Å². The lowest BCUT2D eigenvalue weighted by atomic mass is 9.46. The third kappa shape index (κ3) is 7.34. The zero-order valence-corrected chi connectivity index (χ0v) is 29.4. The number of fused-ring (bicyclic) bond motifs is 5. The molecule has 1 heterocycles. The van der Waals surface area contributed by atoms with E-state index in [0.717, 1.165) is 64.2 Å². The lowest BCUT2D eigenvalue weighted by Crippen LogP contribution is -2.65. The van der Waals surface area contributed by atoms with Crippen molar-refractivity contribution in [1.82, 2.24) is 5.32 Å². The van der Waals surface area contributed by atoms with Gasteiger partial charge in [0.05, 0.1) is 25.4 Å². The van der Waals surface area contributed by atoms with Crippen LogP contribution in [-0.2, 0) is 23.8 Å². The van der Waals surface area contributed by atoms with Crippen LogP contribution < -0.4 is 5.32 Å².